The van der Waals surface area contributed by atoms with Crippen molar-refractivity contribution < 1.29 is 14.6 Å². The van der Waals surface area contributed by atoms with E-state index in [0.29, 0.717) is 28.3 Å². The monoisotopic (exact) mass is 373 g/mol. The molecular weight excluding hydrogens is 354 g/mol. The second kappa shape index (κ2) is 7.54. The van der Waals surface area contributed by atoms with E-state index in [1.165, 1.54) is 6.20 Å². The lowest BCUT2D eigenvalue weighted by Gasteiger charge is -2.18. The number of nitrogens with one attached hydrogen (secondary N) is 2. The van der Waals surface area contributed by atoms with Gasteiger partial charge in [0.05, 0.1) is 7.11 Å². The lowest BCUT2D eigenvalue weighted by atomic mass is 9.94. The van der Waals surface area contributed by atoms with Crippen molar-refractivity contribution in [2.45, 2.75) is 6.10 Å². The summed E-state index contributed by atoms with van der Waals surface area (Å²) in [7, 11) is 1.58. The van der Waals surface area contributed by atoms with Crippen LogP contribution in [0, 0.1) is 0 Å². The van der Waals surface area contributed by atoms with Crippen LogP contribution in [0.4, 0.5) is 5.69 Å². The van der Waals surface area contributed by atoms with E-state index in [0.717, 1.165) is 10.8 Å². The Bertz CT molecular complexity index is 1120. The number of anilines is 1. The van der Waals surface area contributed by atoms with Gasteiger partial charge < -0.3 is 15.2 Å². The quantitative estimate of drug-likeness (QED) is 0.495. The number of carbonyl (C=O) groups excluding carboxylic acids is 1. The third-order valence-corrected chi connectivity index (χ3v) is 4.63. The first-order valence-corrected chi connectivity index (χ1v) is 8.82. The minimum absolute atomic E-state index is 0.299. The molecule has 6 nitrogen and oxygen atoms in total. The maximum atomic E-state index is 12.2. The molecule has 1 atom stereocenters. The van der Waals surface area contributed by atoms with Crippen LogP contribution >= 0.6 is 0 Å². The minimum atomic E-state index is -0.912. The highest BCUT2D eigenvalue weighted by molar-refractivity contribution is 6.02. The van der Waals surface area contributed by atoms with Crippen molar-refractivity contribution in [3.05, 3.63) is 89.7 Å². The van der Waals surface area contributed by atoms with Crippen LogP contribution in [0.15, 0.2) is 72.9 Å². The first-order valence-electron chi connectivity index (χ1n) is 8.82. The Kier molecular flexibility index (Phi) is 4.78. The number of carbonyl (C=O) groups is 1. The van der Waals surface area contributed by atoms with E-state index in [4.69, 9.17) is 4.74 Å². The van der Waals surface area contributed by atoms with E-state index in [9.17, 15) is 9.90 Å². The molecule has 6 heteroatoms. The van der Waals surface area contributed by atoms with Crippen LogP contribution in [-0.2, 0) is 0 Å². The fraction of sp³-hybridized carbons (Fsp3) is 0.0909. The van der Waals surface area contributed by atoms with E-state index in [1.807, 2.05) is 42.5 Å². The summed E-state index contributed by atoms with van der Waals surface area (Å²) in [4.78, 5) is 12.2. The molecule has 0 aliphatic carbocycles. The third-order valence-electron chi connectivity index (χ3n) is 4.63. The molecule has 0 spiro atoms. The minimum Gasteiger partial charge on any atom is -0.496 e. The van der Waals surface area contributed by atoms with Crippen molar-refractivity contribution in [3.8, 4) is 5.75 Å². The molecule has 0 aliphatic heterocycles. The number of methoxy groups -OCH3 is 1. The maximum Gasteiger partial charge on any atom is 0.273 e. The van der Waals surface area contributed by atoms with Gasteiger partial charge in [0.2, 0.25) is 0 Å². The van der Waals surface area contributed by atoms with Gasteiger partial charge in [-0.3, -0.25) is 9.89 Å². The highest BCUT2D eigenvalue weighted by Gasteiger charge is 2.19. The number of aromatic nitrogens is 2. The molecule has 4 aromatic rings. The predicted molar refractivity (Wildman–Crippen MR) is 108 cm³/mol. The topological polar surface area (TPSA) is 87.2 Å². The first-order chi connectivity index (χ1) is 13.7. The Balaban J connectivity index is 1.70. The van der Waals surface area contributed by atoms with Gasteiger partial charge in [0, 0.05) is 17.4 Å². The van der Waals surface area contributed by atoms with Crippen molar-refractivity contribution in [1.29, 1.82) is 0 Å². The van der Waals surface area contributed by atoms with E-state index in [-0.39, 0.29) is 5.91 Å². The Hall–Kier alpha value is -3.64. The summed E-state index contributed by atoms with van der Waals surface area (Å²) in [6.45, 7) is 0. The normalized spacial score (nSPS) is 11.9. The molecule has 28 heavy (non-hydrogen) atoms. The number of aromatic amines is 1. The van der Waals surface area contributed by atoms with Gasteiger partial charge in [0.25, 0.3) is 5.91 Å². The van der Waals surface area contributed by atoms with Gasteiger partial charge in [0.15, 0.2) is 0 Å². The number of hydrogen-bond donors (Lipinski definition) is 3. The van der Waals surface area contributed by atoms with E-state index < -0.39 is 6.10 Å². The SMILES string of the molecule is COc1ccc2ccccc2c1C(O)c1cccc(NC(=O)c2ccn[nH]2)c1. The number of benzene rings is 3. The molecule has 4 rings (SSSR count). The number of hydrogen-bond acceptors (Lipinski definition) is 4. The zero-order valence-corrected chi connectivity index (χ0v) is 15.2. The second-order valence-electron chi connectivity index (χ2n) is 6.36. The second-order valence-corrected chi connectivity index (χ2v) is 6.36. The zero-order chi connectivity index (χ0) is 19.5. The van der Waals surface area contributed by atoms with Crippen molar-refractivity contribution in [1.82, 2.24) is 10.2 Å². The van der Waals surface area contributed by atoms with Gasteiger partial charge in [-0.2, -0.15) is 5.10 Å². The van der Waals surface area contributed by atoms with Gasteiger partial charge in [-0.25, -0.2) is 0 Å². The molecule has 0 saturated carbocycles. The standard InChI is InChI=1S/C22H19N3O3/c1-28-19-10-9-14-5-2-3-8-17(14)20(19)21(26)15-6-4-7-16(13-15)24-22(27)18-11-12-23-25-18/h2-13,21,26H,1H3,(H,23,25)(H,24,27). The predicted octanol–water partition coefficient (Wildman–Crippen LogP) is 3.91. The van der Waals surface area contributed by atoms with Crippen LogP contribution in [0.3, 0.4) is 0 Å². The summed E-state index contributed by atoms with van der Waals surface area (Å²) in [5, 5.41) is 22.3. The summed E-state index contributed by atoms with van der Waals surface area (Å²) in [5.41, 5.74) is 2.28. The number of ether oxygens (including phenoxy) is 1. The Labute approximate surface area is 161 Å². The maximum absolute atomic E-state index is 12.2. The molecule has 1 heterocycles. The summed E-state index contributed by atoms with van der Waals surface area (Å²) in [6.07, 6.45) is 0.604. The molecule has 1 aromatic heterocycles. The van der Waals surface area contributed by atoms with E-state index >= 15 is 0 Å². The molecule has 1 amide bonds. The average Bonchev–Trinajstić information content (AvgIpc) is 3.27. The number of H-pyrrole nitrogens is 1. The molecule has 0 saturated heterocycles. The van der Waals surface area contributed by atoms with Crippen LogP contribution in [0.1, 0.15) is 27.7 Å². The molecule has 0 aliphatic rings. The van der Waals surface area contributed by atoms with Gasteiger partial charge >= 0.3 is 0 Å². The van der Waals surface area contributed by atoms with Gasteiger partial charge in [-0.1, -0.05) is 42.5 Å². The fourth-order valence-electron chi connectivity index (χ4n) is 3.27. The molecule has 1 unspecified atom stereocenters. The van der Waals surface area contributed by atoms with Crippen molar-refractivity contribution in [2.75, 3.05) is 12.4 Å². The van der Waals surface area contributed by atoms with E-state index in [1.54, 1.807) is 31.4 Å². The summed E-state index contributed by atoms with van der Waals surface area (Å²) in [5.74, 6) is 0.310. The van der Waals surface area contributed by atoms with Crippen LogP contribution in [0.2, 0.25) is 0 Å². The zero-order valence-electron chi connectivity index (χ0n) is 15.2. The largest absolute Gasteiger partial charge is 0.496 e. The molecule has 0 radical (unpaired) electrons. The van der Waals surface area contributed by atoms with Crippen LogP contribution < -0.4 is 10.1 Å². The van der Waals surface area contributed by atoms with Crippen molar-refractivity contribution >= 4 is 22.4 Å². The molecule has 0 bridgehead atoms. The molecule has 140 valence electrons. The lowest BCUT2D eigenvalue weighted by molar-refractivity contribution is 0.102. The molecule has 0 fully saturated rings. The van der Waals surface area contributed by atoms with Crippen LogP contribution in [-0.4, -0.2) is 28.3 Å². The third kappa shape index (κ3) is 3.33. The van der Waals surface area contributed by atoms with Crippen LogP contribution in [0.25, 0.3) is 10.8 Å². The summed E-state index contributed by atoms with van der Waals surface area (Å²) in [6, 6.07) is 20.4. The summed E-state index contributed by atoms with van der Waals surface area (Å²) < 4.78 is 5.50. The van der Waals surface area contributed by atoms with Gasteiger partial charge in [-0.15, -0.1) is 0 Å². The number of rotatable bonds is 5. The molecular formula is C22H19N3O3. The Morgan fingerprint density at radius 3 is 2.75 bits per heavy atom. The first kappa shape index (κ1) is 17.8. The average molecular weight is 373 g/mol. The highest BCUT2D eigenvalue weighted by Crippen LogP contribution is 2.36. The fourth-order valence-corrected chi connectivity index (χ4v) is 3.27. The lowest BCUT2D eigenvalue weighted by Crippen LogP contribution is -2.13. The van der Waals surface area contributed by atoms with Crippen molar-refractivity contribution in [2.24, 2.45) is 0 Å². The van der Waals surface area contributed by atoms with E-state index in [2.05, 4.69) is 15.5 Å². The smallest absolute Gasteiger partial charge is 0.273 e. The Morgan fingerprint density at radius 2 is 1.96 bits per heavy atom. The Morgan fingerprint density at radius 1 is 1.11 bits per heavy atom. The number of nitrogens with zero attached hydrogens (tertiary/aromatic N) is 1. The van der Waals surface area contributed by atoms with Crippen molar-refractivity contribution in [3.63, 3.8) is 0 Å². The number of aliphatic hydroxyl groups excluding tert-OH is 1. The molecule has 3 N–H and O–H groups in total. The van der Waals surface area contributed by atoms with Gasteiger partial charge in [-0.05, 0) is 40.6 Å². The summed E-state index contributed by atoms with van der Waals surface area (Å²) >= 11 is 0. The highest BCUT2D eigenvalue weighted by atomic mass is 16.5. The molecule has 3 aromatic carbocycles. The number of fused-ring (bicyclic) bond motifs is 1. The van der Waals surface area contributed by atoms with Crippen LogP contribution in [0.5, 0.6) is 5.75 Å². The number of aliphatic hydroxyl groups is 1. The number of amides is 1. The van der Waals surface area contributed by atoms with Gasteiger partial charge in [0.1, 0.15) is 17.5 Å².